The van der Waals surface area contributed by atoms with E-state index in [4.69, 9.17) is 4.74 Å². The van der Waals surface area contributed by atoms with E-state index in [0.717, 1.165) is 12.0 Å². The number of carbonyl (C=O) groups is 2. The summed E-state index contributed by atoms with van der Waals surface area (Å²) >= 11 is 0. The lowest BCUT2D eigenvalue weighted by Crippen LogP contribution is -2.35. The van der Waals surface area contributed by atoms with Crippen LogP contribution in [-0.2, 0) is 14.3 Å². The van der Waals surface area contributed by atoms with E-state index < -0.39 is 5.41 Å². The van der Waals surface area contributed by atoms with Gasteiger partial charge in [-0.1, -0.05) is 5.57 Å². The minimum Gasteiger partial charge on any atom is -0.465 e. The molecular weight excluding hydrogens is 204 g/mol. The van der Waals surface area contributed by atoms with Gasteiger partial charge in [0.05, 0.1) is 6.61 Å². The molecule has 0 N–H and O–H groups in total. The molecule has 0 aromatic carbocycles. The molecule has 1 aliphatic rings. The van der Waals surface area contributed by atoms with Gasteiger partial charge in [-0.3, -0.25) is 9.59 Å². The van der Waals surface area contributed by atoms with E-state index >= 15 is 0 Å². The van der Waals surface area contributed by atoms with Crippen molar-refractivity contribution in [2.24, 2.45) is 11.3 Å². The van der Waals surface area contributed by atoms with Gasteiger partial charge in [-0.25, -0.2) is 0 Å². The molecule has 2 atom stereocenters. The maximum absolute atomic E-state index is 12.1. The van der Waals surface area contributed by atoms with Gasteiger partial charge in [0.15, 0.2) is 5.78 Å². The van der Waals surface area contributed by atoms with Crippen LogP contribution in [0.5, 0.6) is 0 Å². The monoisotopic (exact) mass is 224 g/mol. The zero-order valence-electron chi connectivity index (χ0n) is 10.3. The molecule has 1 aliphatic carbocycles. The second kappa shape index (κ2) is 4.81. The molecule has 0 aromatic rings. The highest BCUT2D eigenvalue weighted by Crippen LogP contribution is 2.41. The maximum Gasteiger partial charge on any atom is 0.319 e. The van der Waals surface area contributed by atoms with Crippen LogP contribution in [0, 0.1) is 11.3 Å². The molecule has 1 fully saturated rings. The molecule has 0 unspecified atom stereocenters. The van der Waals surface area contributed by atoms with E-state index in [1.807, 2.05) is 6.92 Å². The third-order valence-corrected chi connectivity index (χ3v) is 3.23. The Morgan fingerprint density at radius 1 is 1.62 bits per heavy atom. The summed E-state index contributed by atoms with van der Waals surface area (Å²) in [7, 11) is 0. The van der Waals surface area contributed by atoms with Crippen molar-refractivity contribution in [3.05, 3.63) is 12.2 Å². The SMILES string of the molecule is C=C(C)C[C@@H]1CC[C@@](C)(C(=O)OCC)C1=O. The number of carbonyl (C=O) groups excluding carboxylic acids is 2. The Morgan fingerprint density at radius 2 is 2.25 bits per heavy atom. The number of hydrogen-bond acceptors (Lipinski definition) is 3. The van der Waals surface area contributed by atoms with Gasteiger partial charge in [-0.2, -0.15) is 0 Å². The fourth-order valence-corrected chi connectivity index (χ4v) is 2.28. The van der Waals surface area contributed by atoms with E-state index in [1.54, 1.807) is 13.8 Å². The molecule has 0 bridgehead atoms. The highest BCUT2D eigenvalue weighted by Gasteiger charge is 2.50. The van der Waals surface area contributed by atoms with Crippen LogP contribution in [0.3, 0.4) is 0 Å². The van der Waals surface area contributed by atoms with Gasteiger partial charge in [-0.15, -0.1) is 6.58 Å². The summed E-state index contributed by atoms with van der Waals surface area (Å²) in [5, 5.41) is 0. The third kappa shape index (κ3) is 2.34. The Balaban J connectivity index is 2.75. The van der Waals surface area contributed by atoms with Gasteiger partial charge in [-0.05, 0) is 40.0 Å². The van der Waals surface area contributed by atoms with Crippen molar-refractivity contribution in [3.63, 3.8) is 0 Å². The Hall–Kier alpha value is -1.12. The van der Waals surface area contributed by atoms with Crippen LogP contribution in [0.2, 0.25) is 0 Å². The van der Waals surface area contributed by atoms with Crippen molar-refractivity contribution in [3.8, 4) is 0 Å². The number of esters is 1. The highest BCUT2D eigenvalue weighted by molar-refractivity contribution is 6.06. The van der Waals surface area contributed by atoms with Crippen molar-refractivity contribution in [1.29, 1.82) is 0 Å². The molecule has 1 saturated carbocycles. The Kier molecular flexibility index (Phi) is 3.89. The number of rotatable bonds is 4. The molecule has 0 amide bonds. The number of allylic oxidation sites excluding steroid dienone is 1. The van der Waals surface area contributed by atoms with Crippen LogP contribution >= 0.6 is 0 Å². The smallest absolute Gasteiger partial charge is 0.319 e. The van der Waals surface area contributed by atoms with E-state index in [1.165, 1.54) is 0 Å². The number of ether oxygens (including phenoxy) is 1. The van der Waals surface area contributed by atoms with Crippen LogP contribution in [0.4, 0.5) is 0 Å². The lowest BCUT2D eigenvalue weighted by Gasteiger charge is -2.20. The third-order valence-electron chi connectivity index (χ3n) is 3.23. The first-order valence-corrected chi connectivity index (χ1v) is 5.77. The molecular formula is C13H20O3. The second-order valence-electron chi connectivity index (χ2n) is 4.81. The maximum atomic E-state index is 12.1. The first kappa shape index (κ1) is 12.9. The second-order valence-corrected chi connectivity index (χ2v) is 4.81. The first-order valence-electron chi connectivity index (χ1n) is 5.77. The molecule has 0 saturated heterocycles. The molecule has 0 spiro atoms. The van der Waals surface area contributed by atoms with Gasteiger partial charge in [0, 0.05) is 5.92 Å². The molecule has 0 aromatic heterocycles. The van der Waals surface area contributed by atoms with Gasteiger partial charge < -0.3 is 4.74 Å². The van der Waals surface area contributed by atoms with Gasteiger partial charge in [0.2, 0.25) is 0 Å². The summed E-state index contributed by atoms with van der Waals surface area (Å²) < 4.78 is 4.97. The normalized spacial score (nSPS) is 29.2. The summed E-state index contributed by atoms with van der Waals surface area (Å²) in [6.45, 7) is 9.51. The first-order chi connectivity index (χ1) is 7.41. The molecule has 3 nitrogen and oxygen atoms in total. The predicted molar refractivity (Wildman–Crippen MR) is 61.9 cm³/mol. The van der Waals surface area contributed by atoms with Crippen molar-refractivity contribution < 1.29 is 14.3 Å². The van der Waals surface area contributed by atoms with E-state index in [2.05, 4.69) is 6.58 Å². The molecule has 0 aliphatic heterocycles. The zero-order chi connectivity index (χ0) is 12.3. The fraction of sp³-hybridized carbons (Fsp3) is 0.692. The largest absolute Gasteiger partial charge is 0.465 e. The molecule has 0 heterocycles. The summed E-state index contributed by atoms with van der Waals surface area (Å²) in [5.74, 6) is -0.398. The van der Waals surface area contributed by atoms with Gasteiger partial charge in [0.25, 0.3) is 0 Å². The number of hydrogen-bond donors (Lipinski definition) is 0. The summed E-state index contributed by atoms with van der Waals surface area (Å²) in [5.41, 5.74) is 0.0716. The summed E-state index contributed by atoms with van der Waals surface area (Å²) in [4.78, 5) is 23.9. The highest BCUT2D eigenvalue weighted by atomic mass is 16.5. The Labute approximate surface area is 96.9 Å². The Bertz CT molecular complexity index is 319. The van der Waals surface area contributed by atoms with Crippen LogP contribution in [0.1, 0.15) is 40.0 Å². The lowest BCUT2D eigenvalue weighted by molar-refractivity contribution is -0.158. The van der Waals surface area contributed by atoms with E-state index in [9.17, 15) is 9.59 Å². The van der Waals surface area contributed by atoms with E-state index in [0.29, 0.717) is 19.4 Å². The topological polar surface area (TPSA) is 43.4 Å². The average molecular weight is 224 g/mol. The van der Waals surface area contributed by atoms with Crippen molar-refractivity contribution >= 4 is 11.8 Å². The predicted octanol–water partition coefficient (Wildman–Crippen LogP) is 2.50. The molecule has 90 valence electrons. The van der Waals surface area contributed by atoms with Crippen molar-refractivity contribution in [1.82, 2.24) is 0 Å². The molecule has 3 heteroatoms. The zero-order valence-corrected chi connectivity index (χ0v) is 10.3. The van der Waals surface area contributed by atoms with Crippen molar-refractivity contribution in [2.75, 3.05) is 6.61 Å². The van der Waals surface area contributed by atoms with Crippen molar-refractivity contribution in [2.45, 2.75) is 40.0 Å². The lowest BCUT2D eigenvalue weighted by atomic mass is 9.85. The van der Waals surface area contributed by atoms with Crippen LogP contribution < -0.4 is 0 Å². The van der Waals surface area contributed by atoms with Crippen LogP contribution in [0.15, 0.2) is 12.2 Å². The van der Waals surface area contributed by atoms with Gasteiger partial charge >= 0.3 is 5.97 Å². The number of Topliss-reactive ketones (excluding diaryl/α,β-unsaturated/α-hetero) is 1. The number of ketones is 1. The fourth-order valence-electron chi connectivity index (χ4n) is 2.28. The average Bonchev–Trinajstić information content (AvgIpc) is 2.47. The van der Waals surface area contributed by atoms with Crippen LogP contribution in [-0.4, -0.2) is 18.4 Å². The molecule has 1 rings (SSSR count). The van der Waals surface area contributed by atoms with E-state index in [-0.39, 0.29) is 17.7 Å². The molecule has 16 heavy (non-hydrogen) atoms. The summed E-state index contributed by atoms with van der Waals surface area (Å²) in [6.07, 6.45) is 2.05. The standard InChI is InChI=1S/C13H20O3/c1-5-16-12(15)13(4)7-6-10(11(13)14)8-9(2)3/h10H,2,5-8H2,1,3-4H3/t10-,13+/m0/s1. The quantitative estimate of drug-likeness (QED) is 0.418. The Morgan fingerprint density at radius 3 is 2.75 bits per heavy atom. The summed E-state index contributed by atoms with van der Waals surface area (Å²) in [6, 6.07) is 0. The van der Waals surface area contributed by atoms with Crippen LogP contribution in [0.25, 0.3) is 0 Å². The minimum atomic E-state index is -0.921. The molecule has 0 radical (unpaired) electrons. The minimum absolute atomic E-state index is 0.0222. The van der Waals surface area contributed by atoms with Gasteiger partial charge in [0.1, 0.15) is 5.41 Å².